The topological polar surface area (TPSA) is 124 Å². The van der Waals surface area contributed by atoms with Crippen molar-refractivity contribution in [3.63, 3.8) is 0 Å². The van der Waals surface area contributed by atoms with Gasteiger partial charge in [-0.3, -0.25) is 9.69 Å². The molecule has 0 saturated carbocycles. The van der Waals surface area contributed by atoms with E-state index in [2.05, 4.69) is 48.9 Å². The number of aliphatic hydroxyl groups excluding tert-OH is 1. The van der Waals surface area contributed by atoms with Crippen LogP contribution < -0.4 is 25.6 Å². The molecule has 1 aromatic heterocycles. The smallest absolute Gasteiger partial charge is 0.237 e. The molecule has 0 spiro atoms. The maximum atomic E-state index is 13.3. The standard InChI is InChI=1S/C31H39N7O4/c1-41-29-6-3-21-15-22(29)18-32-8-2-9-33-30(40)28-17-25(39)20-38(28)19-23-16-24(35-31-34-10-7-26(21)36-31)4-5-27(23)37-11-13-42-14-12-37/h3-7,10,15-16,25,28,32,39H,2,8-9,11-14,17-20H2,1H3,(H,33,40)(H,34,35,36)/t25-,28+/m1/s1. The molecule has 2 atom stereocenters. The number of nitrogens with one attached hydrogen (secondary N) is 3. The van der Waals surface area contributed by atoms with Crippen molar-refractivity contribution >= 4 is 23.2 Å². The van der Waals surface area contributed by atoms with Gasteiger partial charge in [0.2, 0.25) is 11.9 Å². The molecule has 3 aliphatic rings. The van der Waals surface area contributed by atoms with Crippen molar-refractivity contribution in [1.82, 2.24) is 25.5 Å². The number of rotatable bonds is 2. The van der Waals surface area contributed by atoms with Crippen LogP contribution in [-0.4, -0.2) is 91.1 Å². The predicted molar refractivity (Wildman–Crippen MR) is 161 cm³/mol. The summed E-state index contributed by atoms with van der Waals surface area (Å²) in [6.07, 6.45) is 2.42. The van der Waals surface area contributed by atoms with Gasteiger partial charge in [-0.25, -0.2) is 9.97 Å². The average Bonchev–Trinajstić information content (AvgIpc) is 3.38. The van der Waals surface area contributed by atoms with Gasteiger partial charge >= 0.3 is 0 Å². The molecule has 2 aromatic carbocycles. The van der Waals surface area contributed by atoms with Crippen LogP contribution in [0.15, 0.2) is 48.7 Å². The van der Waals surface area contributed by atoms with Crippen molar-refractivity contribution in [1.29, 1.82) is 0 Å². The Kier molecular flexibility index (Phi) is 8.80. The first kappa shape index (κ1) is 28.4. The number of aromatic nitrogens is 2. The minimum absolute atomic E-state index is 0.0391. The normalized spacial score (nSPS) is 22.0. The van der Waals surface area contributed by atoms with Crippen molar-refractivity contribution in [2.75, 3.05) is 63.3 Å². The summed E-state index contributed by atoms with van der Waals surface area (Å²) in [6.45, 7) is 5.87. The van der Waals surface area contributed by atoms with E-state index in [1.165, 1.54) is 0 Å². The molecule has 222 valence electrons. The van der Waals surface area contributed by atoms with Gasteiger partial charge in [-0.15, -0.1) is 0 Å². The van der Waals surface area contributed by atoms with E-state index in [0.29, 0.717) is 51.8 Å². The van der Waals surface area contributed by atoms with Crippen molar-refractivity contribution < 1.29 is 19.4 Å². The van der Waals surface area contributed by atoms with E-state index < -0.39 is 6.10 Å². The molecule has 11 heteroatoms. The third kappa shape index (κ3) is 6.49. The van der Waals surface area contributed by atoms with Crippen LogP contribution in [0.25, 0.3) is 11.3 Å². The van der Waals surface area contributed by atoms with Crippen LogP contribution in [0.2, 0.25) is 0 Å². The van der Waals surface area contributed by atoms with Crippen molar-refractivity contribution in [2.24, 2.45) is 0 Å². The molecule has 6 rings (SSSR count). The lowest BCUT2D eigenvalue weighted by molar-refractivity contribution is -0.125. The number of carbonyl (C=O) groups is 1. The van der Waals surface area contributed by atoms with Gasteiger partial charge in [0.25, 0.3) is 0 Å². The number of methoxy groups -OCH3 is 1. The first-order valence-electron chi connectivity index (χ1n) is 14.7. The number of amides is 1. The highest BCUT2D eigenvalue weighted by molar-refractivity contribution is 5.82. The summed E-state index contributed by atoms with van der Waals surface area (Å²) in [5.74, 6) is 1.26. The number of carbonyl (C=O) groups excluding carboxylic acids is 1. The quantitative estimate of drug-likeness (QED) is 0.363. The highest BCUT2D eigenvalue weighted by atomic mass is 16.5. The first-order chi connectivity index (χ1) is 20.6. The van der Waals surface area contributed by atoms with Crippen LogP contribution in [0, 0.1) is 0 Å². The monoisotopic (exact) mass is 573 g/mol. The van der Waals surface area contributed by atoms with E-state index in [1.54, 1.807) is 13.3 Å². The third-order valence-electron chi connectivity index (χ3n) is 8.12. The Morgan fingerprint density at radius 2 is 1.95 bits per heavy atom. The fraction of sp³-hybridized carbons (Fsp3) is 0.452. The van der Waals surface area contributed by atoms with Gasteiger partial charge in [0.1, 0.15) is 5.75 Å². The summed E-state index contributed by atoms with van der Waals surface area (Å²) in [5, 5.41) is 20.5. The molecule has 0 radical (unpaired) electrons. The molecule has 0 aliphatic carbocycles. The fourth-order valence-electron chi connectivity index (χ4n) is 6.00. The van der Waals surface area contributed by atoms with Crippen LogP contribution in [0.4, 0.5) is 17.3 Å². The van der Waals surface area contributed by atoms with Crippen LogP contribution in [0.3, 0.4) is 0 Å². The van der Waals surface area contributed by atoms with Gasteiger partial charge < -0.3 is 35.4 Å². The number of benzene rings is 2. The second-order valence-electron chi connectivity index (χ2n) is 11.0. The molecule has 2 saturated heterocycles. The van der Waals surface area contributed by atoms with Gasteiger partial charge in [0.05, 0.1) is 38.2 Å². The second-order valence-corrected chi connectivity index (χ2v) is 11.0. The zero-order chi connectivity index (χ0) is 28.9. The van der Waals surface area contributed by atoms with Gasteiger partial charge in [-0.05, 0) is 67.4 Å². The van der Waals surface area contributed by atoms with Crippen LogP contribution in [-0.2, 0) is 22.6 Å². The van der Waals surface area contributed by atoms with Gasteiger partial charge in [-0.1, -0.05) is 0 Å². The summed E-state index contributed by atoms with van der Waals surface area (Å²) in [7, 11) is 1.67. The highest BCUT2D eigenvalue weighted by Gasteiger charge is 2.36. The number of hydrogen-bond donors (Lipinski definition) is 4. The third-order valence-corrected chi connectivity index (χ3v) is 8.12. The fourth-order valence-corrected chi connectivity index (χ4v) is 6.00. The number of fused-ring (bicyclic) bond motifs is 8. The Hall–Kier alpha value is -3.77. The Labute approximate surface area is 246 Å². The molecule has 4 N–H and O–H groups in total. The van der Waals surface area contributed by atoms with E-state index >= 15 is 0 Å². The first-order valence-corrected chi connectivity index (χ1v) is 14.7. The van der Waals surface area contributed by atoms with E-state index in [1.807, 2.05) is 24.3 Å². The second kappa shape index (κ2) is 13.0. The number of ether oxygens (including phenoxy) is 2. The van der Waals surface area contributed by atoms with Gasteiger partial charge in [0, 0.05) is 68.0 Å². The zero-order valence-corrected chi connectivity index (χ0v) is 24.0. The number of anilines is 3. The minimum Gasteiger partial charge on any atom is -0.496 e. The Balaban J connectivity index is 1.36. The number of aliphatic hydroxyl groups is 1. The molecular weight excluding hydrogens is 534 g/mol. The van der Waals surface area contributed by atoms with E-state index in [4.69, 9.17) is 14.5 Å². The van der Waals surface area contributed by atoms with Crippen LogP contribution in [0.5, 0.6) is 5.75 Å². The van der Waals surface area contributed by atoms with Crippen molar-refractivity contribution in [3.8, 4) is 17.0 Å². The molecule has 4 heterocycles. The average molecular weight is 574 g/mol. The summed E-state index contributed by atoms with van der Waals surface area (Å²) < 4.78 is 11.2. The van der Waals surface area contributed by atoms with Gasteiger partial charge in [-0.2, -0.15) is 0 Å². The maximum Gasteiger partial charge on any atom is 0.237 e. The van der Waals surface area contributed by atoms with Crippen molar-refractivity contribution in [2.45, 2.75) is 38.1 Å². The molecule has 3 aliphatic heterocycles. The summed E-state index contributed by atoms with van der Waals surface area (Å²) in [6, 6.07) is 13.8. The SMILES string of the molecule is COc1ccc2cc1CNCCCNC(=O)[C@@H]1C[C@@H](O)CN1Cc1cc(ccc1N1CCOCC1)Nc1nccc-2n1. The lowest BCUT2D eigenvalue weighted by atomic mass is 10.1. The number of hydrogen-bond acceptors (Lipinski definition) is 10. The maximum absolute atomic E-state index is 13.3. The number of morpholine rings is 1. The minimum atomic E-state index is -0.543. The zero-order valence-electron chi connectivity index (χ0n) is 24.0. The summed E-state index contributed by atoms with van der Waals surface area (Å²) >= 11 is 0. The van der Waals surface area contributed by atoms with E-state index in [-0.39, 0.29) is 11.9 Å². The van der Waals surface area contributed by atoms with Gasteiger partial charge in [0.15, 0.2) is 0 Å². The van der Waals surface area contributed by atoms with Crippen LogP contribution >= 0.6 is 0 Å². The molecule has 11 nitrogen and oxygen atoms in total. The Morgan fingerprint density at radius 1 is 1.07 bits per heavy atom. The Bertz CT molecular complexity index is 1400. The predicted octanol–water partition coefficient (Wildman–Crippen LogP) is 2.28. The lowest BCUT2D eigenvalue weighted by Crippen LogP contribution is -2.44. The van der Waals surface area contributed by atoms with Crippen LogP contribution in [0.1, 0.15) is 24.0 Å². The Morgan fingerprint density at radius 3 is 2.81 bits per heavy atom. The number of nitrogens with zero attached hydrogens (tertiary/aromatic N) is 4. The summed E-state index contributed by atoms with van der Waals surface area (Å²) in [4.78, 5) is 27.0. The summed E-state index contributed by atoms with van der Waals surface area (Å²) in [5.41, 5.74) is 5.85. The molecule has 42 heavy (non-hydrogen) atoms. The van der Waals surface area contributed by atoms with E-state index in [9.17, 15) is 9.90 Å². The molecule has 6 bridgehead atoms. The molecule has 2 fully saturated rings. The largest absolute Gasteiger partial charge is 0.496 e. The van der Waals surface area contributed by atoms with Crippen molar-refractivity contribution in [3.05, 3.63) is 59.8 Å². The molecule has 1 amide bonds. The molecular formula is C31H39N7O4. The molecule has 0 unspecified atom stereocenters. The lowest BCUT2D eigenvalue weighted by Gasteiger charge is -2.32. The molecule has 3 aromatic rings. The van der Waals surface area contributed by atoms with E-state index in [0.717, 1.165) is 65.6 Å². The highest BCUT2D eigenvalue weighted by Crippen LogP contribution is 2.31.